The minimum atomic E-state index is 1.16. The molecular weight excluding hydrogens is 247 g/mol. The number of allylic oxidation sites excluding steroid dienone is 1. The number of rotatable bonds is 3. The van der Waals surface area contributed by atoms with Gasteiger partial charge in [-0.1, -0.05) is 65.1 Å². The maximum Gasteiger partial charge on any atom is 0.00300 e. The minimum Gasteiger partial charge on any atom is -0.0860 e. The van der Waals surface area contributed by atoms with Gasteiger partial charge in [-0.3, -0.25) is 0 Å². The third-order valence-corrected chi connectivity index (χ3v) is 2.01. The van der Waals surface area contributed by atoms with Crippen LogP contribution in [0.1, 0.15) is 12.0 Å². The van der Waals surface area contributed by atoms with Gasteiger partial charge in [-0.25, -0.2) is 0 Å². The average molecular weight is 258 g/mol. The van der Waals surface area contributed by atoms with E-state index in [0.29, 0.717) is 0 Å². The third kappa shape index (κ3) is 3.56. The summed E-state index contributed by atoms with van der Waals surface area (Å²) >= 11 is 2.38. The molecule has 11 heavy (non-hydrogen) atoms. The maximum absolute atomic E-state index is 2.38. The van der Waals surface area contributed by atoms with Crippen molar-refractivity contribution in [2.45, 2.75) is 6.42 Å². The predicted molar refractivity (Wildman–Crippen MR) is 59.0 cm³/mol. The van der Waals surface area contributed by atoms with E-state index in [1.807, 2.05) is 6.07 Å². The van der Waals surface area contributed by atoms with E-state index in [-0.39, 0.29) is 0 Å². The molecular formula is C10H11I. The van der Waals surface area contributed by atoms with Gasteiger partial charge in [0, 0.05) is 4.43 Å². The molecule has 0 saturated heterocycles. The van der Waals surface area contributed by atoms with Crippen LogP contribution in [-0.4, -0.2) is 4.43 Å². The first-order valence-electron chi connectivity index (χ1n) is 3.71. The lowest BCUT2D eigenvalue weighted by molar-refractivity contribution is 1.29. The number of benzene rings is 1. The van der Waals surface area contributed by atoms with Gasteiger partial charge in [0.25, 0.3) is 0 Å². The molecule has 58 valence electrons. The zero-order valence-corrected chi connectivity index (χ0v) is 8.49. The van der Waals surface area contributed by atoms with Gasteiger partial charge in [0.1, 0.15) is 0 Å². The molecule has 0 bridgehead atoms. The topological polar surface area (TPSA) is 0 Å². The summed E-state index contributed by atoms with van der Waals surface area (Å²) in [6.45, 7) is 0. The second kappa shape index (κ2) is 5.35. The summed E-state index contributed by atoms with van der Waals surface area (Å²) in [5, 5.41) is 0. The summed E-state index contributed by atoms with van der Waals surface area (Å²) in [4.78, 5) is 0. The van der Waals surface area contributed by atoms with Gasteiger partial charge in [0.05, 0.1) is 0 Å². The summed E-state index contributed by atoms with van der Waals surface area (Å²) in [5.41, 5.74) is 1.29. The lowest BCUT2D eigenvalue weighted by Crippen LogP contribution is -1.69. The van der Waals surface area contributed by atoms with Crippen LogP contribution in [0, 0.1) is 0 Å². The van der Waals surface area contributed by atoms with E-state index >= 15 is 0 Å². The van der Waals surface area contributed by atoms with Crippen molar-refractivity contribution in [3.8, 4) is 0 Å². The SMILES string of the molecule is ICCC=Cc1ccccc1. The zero-order valence-electron chi connectivity index (χ0n) is 6.33. The highest BCUT2D eigenvalue weighted by atomic mass is 127. The molecule has 0 radical (unpaired) electrons. The van der Waals surface area contributed by atoms with Crippen molar-refractivity contribution in [2.75, 3.05) is 4.43 Å². The number of halogens is 1. The fourth-order valence-electron chi connectivity index (χ4n) is 0.847. The second-order valence-corrected chi connectivity index (χ2v) is 3.37. The van der Waals surface area contributed by atoms with Crippen LogP contribution in [0.5, 0.6) is 0 Å². The van der Waals surface area contributed by atoms with Gasteiger partial charge in [-0.15, -0.1) is 0 Å². The molecule has 0 atom stereocenters. The van der Waals surface area contributed by atoms with Crippen molar-refractivity contribution < 1.29 is 0 Å². The first-order chi connectivity index (χ1) is 5.43. The molecule has 1 rings (SSSR count). The second-order valence-electron chi connectivity index (χ2n) is 2.29. The third-order valence-electron chi connectivity index (χ3n) is 1.39. The van der Waals surface area contributed by atoms with Gasteiger partial charge in [-0.2, -0.15) is 0 Å². The Hall–Kier alpha value is -0.310. The average Bonchev–Trinajstić information content (AvgIpc) is 2.07. The Morgan fingerprint density at radius 2 is 1.91 bits per heavy atom. The highest BCUT2D eigenvalue weighted by Crippen LogP contribution is 2.02. The molecule has 0 amide bonds. The Labute approximate surface area is 81.5 Å². The van der Waals surface area contributed by atoms with Crippen molar-refractivity contribution in [3.05, 3.63) is 42.0 Å². The van der Waals surface area contributed by atoms with E-state index in [1.54, 1.807) is 0 Å². The highest BCUT2D eigenvalue weighted by Gasteiger charge is 1.80. The Bertz CT molecular complexity index is 214. The predicted octanol–water partition coefficient (Wildman–Crippen LogP) is 3.52. The summed E-state index contributed by atoms with van der Waals surface area (Å²) in [6.07, 6.45) is 5.54. The Balaban J connectivity index is 2.50. The van der Waals surface area contributed by atoms with Crippen LogP contribution >= 0.6 is 22.6 Å². The molecule has 0 spiro atoms. The smallest absolute Gasteiger partial charge is 0.00300 e. The van der Waals surface area contributed by atoms with Crippen molar-refractivity contribution >= 4 is 28.7 Å². The van der Waals surface area contributed by atoms with Gasteiger partial charge in [0.2, 0.25) is 0 Å². The normalized spacial score (nSPS) is 10.6. The Morgan fingerprint density at radius 1 is 1.18 bits per heavy atom. The van der Waals surface area contributed by atoms with E-state index in [1.165, 1.54) is 9.99 Å². The molecule has 0 saturated carbocycles. The minimum absolute atomic E-state index is 1.16. The molecule has 0 fully saturated rings. The fraction of sp³-hybridized carbons (Fsp3) is 0.200. The monoisotopic (exact) mass is 258 g/mol. The van der Waals surface area contributed by atoms with Gasteiger partial charge >= 0.3 is 0 Å². The van der Waals surface area contributed by atoms with Crippen LogP contribution in [0.15, 0.2) is 36.4 Å². The molecule has 1 heteroatoms. The first kappa shape index (κ1) is 8.78. The molecule has 0 nitrogen and oxygen atoms in total. The fourth-order valence-corrected chi connectivity index (χ4v) is 1.21. The van der Waals surface area contributed by atoms with Crippen molar-refractivity contribution in [1.82, 2.24) is 0 Å². The van der Waals surface area contributed by atoms with Crippen LogP contribution in [0.4, 0.5) is 0 Å². The van der Waals surface area contributed by atoms with Gasteiger partial charge < -0.3 is 0 Å². The molecule has 0 aliphatic rings. The maximum atomic E-state index is 2.38. The highest BCUT2D eigenvalue weighted by molar-refractivity contribution is 14.1. The van der Waals surface area contributed by atoms with E-state index in [4.69, 9.17) is 0 Å². The summed E-state index contributed by atoms with van der Waals surface area (Å²) in [5.74, 6) is 0. The van der Waals surface area contributed by atoms with Gasteiger partial charge in [0.15, 0.2) is 0 Å². The van der Waals surface area contributed by atoms with Gasteiger partial charge in [-0.05, 0) is 12.0 Å². The summed E-state index contributed by atoms with van der Waals surface area (Å²) in [6, 6.07) is 10.4. The van der Waals surface area contributed by atoms with Crippen molar-refractivity contribution in [2.24, 2.45) is 0 Å². The van der Waals surface area contributed by atoms with Crippen LogP contribution in [0.2, 0.25) is 0 Å². The Morgan fingerprint density at radius 3 is 2.55 bits per heavy atom. The molecule has 0 unspecified atom stereocenters. The molecule has 0 aliphatic heterocycles. The first-order valence-corrected chi connectivity index (χ1v) is 5.23. The molecule has 0 aromatic heterocycles. The lowest BCUT2D eigenvalue weighted by atomic mass is 10.2. The van der Waals surface area contributed by atoms with E-state index in [9.17, 15) is 0 Å². The number of hydrogen-bond donors (Lipinski definition) is 0. The van der Waals surface area contributed by atoms with E-state index in [0.717, 1.165) is 6.42 Å². The largest absolute Gasteiger partial charge is 0.0860 e. The molecule has 0 N–H and O–H groups in total. The number of hydrogen-bond acceptors (Lipinski definition) is 0. The quantitative estimate of drug-likeness (QED) is 0.574. The van der Waals surface area contributed by atoms with E-state index in [2.05, 4.69) is 59.0 Å². The van der Waals surface area contributed by atoms with Crippen molar-refractivity contribution in [1.29, 1.82) is 0 Å². The van der Waals surface area contributed by atoms with Crippen LogP contribution in [0.25, 0.3) is 6.08 Å². The molecule has 0 aliphatic carbocycles. The van der Waals surface area contributed by atoms with Crippen LogP contribution < -0.4 is 0 Å². The lowest BCUT2D eigenvalue weighted by Gasteiger charge is -1.89. The molecule has 0 heterocycles. The van der Waals surface area contributed by atoms with Crippen LogP contribution in [0.3, 0.4) is 0 Å². The summed E-state index contributed by atoms with van der Waals surface area (Å²) < 4.78 is 1.20. The van der Waals surface area contributed by atoms with Crippen molar-refractivity contribution in [3.63, 3.8) is 0 Å². The summed E-state index contributed by atoms with van der Waals surface area (Å²) in [7, 11) is 0. The number of alkyl halides is 1. The standard InChI is InChI=1S/C10H11I/c11-9-5-4-8-10-6-2-1-3-7-10/h1-4,6-8H,5,9H2. The Kier molecular flexibility index (Phi) is 4.28. The van der Waals surface area contributed by atoms with E-state index < -0.39 is 0 Å². The van der Waals surface area contributed by atoms with Crippen LogP contribution in [-0.2, 0) is 0 Å². The molecule has 1 aromatic rings. The molecule has 1 aromatic carbocycles. The zero-order chi connectivity index (χ0) is 7.94.